The summed E-state index contributed by atoms with van der Waals surface area (Å²) < 4.78 is 69.7. The fraction of sp³-hybridized carbons (Fsp3) is 0.474. The van der Waals surface area contributed by atoms with Crippen LogP contribution in [-0.4, -0.2) is 53.2 Å². The second-order valence-corrected chi connectivity index (χ2v) is 7.56. The standard InChI is InChI=1S/C19H19F5N6O/c1-18(20,21)10-6-12(28-13(7-10)30-4-2-25-3-5-30)16-15-11(19(22,23)24)8-14(31)29-17(15)27-9-26-16/h6-7,9,11,25H,2-5,8H2,1H3,(H,26,27,29,31)/t11-/m1/s1. The van der Waals surface area contributed by atoms with E-state index >= 15 is 0 Å². The summed E-state index contributed by atoms with van der Waals surface area (Å²) >= 11 is 0. The number of halogens is 5. The van der Waals surface area contributed by atoms with E-state index in [0.717, 1.165) is 12.4 Å². The molecule has 0 aromatic carbocycles. The maximum Gasteiger partial charge on any atom is 0.396 e. The lowest BCUT2D eigenvalue weighted by molar-refractivity contribution is -0.156. The van der Waals surface area contributed by atoms with Crippen molar-refractivity contribution in [2.24, 2.45) is 0 Å². The van der Waals surface area contributed by atoms with Crippen molar-refractivity contribution in [2.45, 2.75) is 31.4 Å². The van der Waals surface area contributed by atoms with Gasteiger partial charge in [0.15, 0.2) is 0 Å². The predicted octanol–water partition coefficient (Wildman–Crippen LogP) is 3.05. The first-order chi connectivity index (χ1) is 14.5. The summed E-state index contributed by atoms with van der Waals surface area (Å²) in [6.07, 6.45) is -4.61. The minimum absolute atomic E-state index is 0.128. The molecule has 2 aromatic rings. The Hall–Kier alpha value is -2.89. The molecule has 2 aliphatic heterocycles. The average Bonchev–Trinajstić information content (AvgIpc) is 2.71. The highest BCUT2D eigenvalue weighted by Crippen LogP contribution is 2.46. The van der Waals surface area contributed by atoms with Gasteiger partial charge >= 0.3 is 6.18 Å². The molecule has 166 valence electrons. The van der Waals surface area contributed by atoms with E-state index in [1.54, 1.807) is 4.90 Å². The van der Waals surface area contributed by atoms with Crippen LogP contribution in [0, 0.1) is 0 Å². The molecule has 1 fully saturated rings. The monoisotopic (exact) mass is 442 g/mol. The van der Waals surface area contributed by atoms with Crippen LogP contribution in [-0.2, 0) is 10.7 Å². The minimum atomic E-state index is -4.75. The minimum Gasteiger partial charge on any atom is -0.354 e. The summed E-state index contributed by atoms with van der Waals surface area (Å²) in [5, 5.41) is 5.45. The maximum absolute atomic E-state index is 14.2. The Morgan fingerprint density at radius 2 is 1.81 bits per heavy atom. The van der Waals surface area contributed by atoms with E-state index in [1.165, 1.54) is 6.07 Å². The van der Waals surface area contributed by atoms with Crippen LogP contribution in [0.3, 0.4) is 0 Å². The van der Waals surface area contributed by atoms with Crippen molar-refractivity contribution in [1.82, 2.24) is 20.3 Å². The number of nitrogens with zero attached hydrogens (tertiary/aromatic N) is 4. The van der Waals surface area contributed by atoms with E-state index in [-0.39, 0.29) is 34.2 Å². The number of rotatable bonds is 3. The molecule has 4 rings (SSSR count). The van der Waals surface area contributed by atoms with Crippen molar-refractivity contribution in [1.29, 1.82) is 0 Å². The van der Waals surface area contributed by atoms with Gasteiger partial charge in [-0.05, 0) is 12.1 Å². The molecule has 31 heavy (non-hydrogen) atoms. The molecule has 0 aliphatic carbocycles. The molecule has 0 spiro atoms. The van der Waals surface area contributed by atoms with E-state index in [2.05, 4.69) is 25.6 Å². The lowest BCUT2D eigenvalue weighted by atomic mass is 9.89. The number of amides is 1. The highest BCUT2D eigenvalue weighted by atomic mass is 19.4. The molecule has 1 saturated heterocycles. The molecule has 12 heteroatoms. The third kappa shape index (κ3) is 4.29. The van der Waals surface area contributed by atoms with Crippen molar-refractivity contribution in [3.63, 3.8) is 0 Å². The van der Waals surface area contributed by atoms with Crippen molar-refractivity contribution in [2.75, 3.05) is 36.4 Å². The normalized spacial score (nSPS) is 19.7. The SMILES string of the molecule is CC(F)(F)c1cc(-c2ncnc3c2[C@H](C(F)(F)F)CC(=O)N3)nc(N2CCNCC2)c1. The summed E-state index contributed by atoms with van der Waals surface area (Å²) in [6.45, 7) is 2.97. The summed E-state index contributed by atoms with van der Waals surface area (Å²) in [6, 6.07) is 2.28. The smallest absolute Gasteiger partial charge is 0.354 e. The van der Waals surface area contributed by atoms with Crippen LogP contribution in [0.2, 0.25) is 0 Å². The van der Waals surface area contributed by atoms with Gasteiger partial charge in [-0.2, -0.15) is 13.2 Å². The Bertz CT molecular complexity index is 1000. The lowest BCUT2D eigenvalue weighted by Gasteiger charge is -2.30. The van der Waals surface area contributed by atoms with Gasteiger partial charge in [-0.3, -0.25) is 4.79 Å². The number of pyridine rings is 1. The topological polar surface area (TPSA) is 83.0 Å². The van der Waals surface area contributed by atoms with Crippen LogP contribution in [0.4, 0.5) is 33.6 Å². The van der Waals surface area contributed by atoms with Gasteiger partial charge in [0.2, 0.25) is 5.91 Å². The van der Waals surface area contributed by atoms with Gasteiger partial charge in [0, 0.05) is 50.7 Å². The van der Waals surface area contributed by atoms with Crippen molar-refractivity contribution in [3.05, 3.63) is 29.6 Å². The molecule has 0 bridgehead atoms. The van der Waals surface area contributed by atoms with E-state index in [1.807, 2.05) is 0 Å². The summed E-state index contributed by atoms with van der Waals surface area (Å²) in [7, 11) is 0. The van der Waals surface area contributed by atoms with E-state index in [0.29, 0.717) is 33.1 Å². The zero-order valence-electron chi connectivity index (χ0n) is 16.4. The Kier molecular flexibility index (Phi) is 5.28. The number of hydrogen-bond donors (Lipinski definition) is 2. The fourth-order valence-corrected chi connectivity index (χ4v) is 3.73. The number of fused-ring (bicyclic) bond motifs is 1. The van der Waals surface area contributed by atoms with E-state index in [9.17, 15) is 26.7 Å². The van der Waals surface area contributed by atoms with E-state index < -0.39 is 30.3 Å². The largest absolute Gasteiger partial charge is 0.396 e. The number of nitrogens with one attached hydrogen (secondary N) is 2. The Labute approximate surface area is 174 Å². The Morgan fingerprint density at radius 3 is 2.45 bits per heavy atom. The second kappa shape index (κ2) is 7.66. The number of alkyl halides is 5. The number of piperazine rings is 1. The van der Waals surface area contributed by atoms with Gasteiger partial charge in [-0.15, -0.1) is 0 Å². The number of carbonyl (C=O) groups is 1. The van der Waals surface area contributed by atoms with Gasteiger partial charge in [-0.1, -0.05) is 0 Å². The number of hydrogen-bond acceptors (Lipinski definition) is 6. The number of carbonyl (C=O) groups excluding carboxylic acids is 1. The molecule has 2 aromatic heterocycles. The van der Waals surface area contributed by atoms with Gasteiger partial charge in [-0.25, -0.2) is 23.7 Å². The maximum atomic E-state index is 14.2. The molecule has 4 heterocycles. The van der Waals surface area contributed by atoms with Gasteiger partial charge < -0.3 is 15.5 Å². The quantitative estimate of drug-likeness (QED) is 0.712. The Balaban J connectivity index is 1.90. The third-order valence-electron chi connectivity index (χ3n) is 5.28. The third-order valence-corrected chi connectivity index (χ3v) is 5.28. The summed E-state index contributed by atoms with van der Waals surface area (Å²) in [4.78, 5) is 25.7. The molecule has 0 radical (unpaired) electrons. The lowest BCUT2D eigenvalue weighted by Crippen LogP contribution is -2.44. The van der Waals surface area contributed by atoms with E-state index in [4.69, 9.17) is 0 Å². The van der Waals surface area contributed by atoms with Gasteiger partial charge in [0.1, 0.15) is 18.0 Å². The van der Waals surface area contributed by atoms with Crippen LogP contribution in [0.15, 0.2) is 18.5 Å². The van der Waals surface area contributed by atoms with Crippen molar-refractivity contribution >= 4 is 17.5 Å². The number of anilines is 2. The molecule has 2 N–H and O–H groups in total. The van der Waals surface area contributed by atoms with Crippen LogP contribution >= 0.6 is 0 Å². The molecule has 2 aliphatic rings. The van der Waals surface area contributed by atoms with Crippen LogP contribution in [0.1, 0.15) is 30.4 Å². The van der Waals surface area contributed by atoms with Crippen molar-refractivity contribution < 1.29 is 26.7 Å². The highest BCUT2D eigenvalue weighted by molar-refractivity contribution is 5.95. The molecule has 1 amide bonds. The molecular weight excluding hydrogens is 423 g/mol. The number of aromatic nitrogens is 3. The predicted molar refractivity (Wildman–Crippen MR) is 102 cm³/mol. The summed E-state index contributed by atoms with van der Waals surface area (Å²) in [5.74, 6) is -6.30. The highest BCUT2D eigenvalue weighted by Gasteiger charge is 2.47. The first-order valence-electron chi connectivity index (χ1n) is 9.62. The van der Waals surface area contributed by atoms with Crippen LogP contribution in [0.5, 0.6) is 0 Å². The second-order valence-electron chi connectivity index (χ2n) is 7.56. The summed E-state index contributed by atoms with van der Waals surface area (Å²) in [5.41, 5.74) is -1.11. The van der Waals surface area contributed by atoms with Crippen LogP contribution < -0.4 is 15.5 Å². The molecule has 1 atom stereocenters. The average molecular weight is 442 g/mol. The first-order valence-corrected chi connectivity index (χ1v) is 9.62. The molecule has 7 nitrogen and oxygen atoms in total. The first kappa shape index (κ1) is 21.3. The molecule has 0 unspecified atom stereocenters. The van der Waals surface area contributed by atoms with Gasteiger partial charge in [0.25, 0.3) is 5.92 Å². The fourth-order valence-electron chi connectivity index (χ4n) is 3.73. The zero-order valence-corrected chi connectivity index (χ0v) is 16.4. The van der Waals surface area contributed by atoms with Gasteiger partial charge in [0.05, 0.1) is 17.3 Å². The Morgan fingerprint density at radius 1 is 1.10 bits per heavy atom. The zero-order chi connectivity index (χ0) is 22.4. The molecule has 0 saturated carbocycles. The molecular formula is C19H19F5N6O. The van der Waals surface area contributed by atoms with Crippen LogP contribution in [0.25, 0.3) is 11.4 Å². The van der Waals surface area contributed by atoms with Crippen molar-refractivity contribution in [3.8, 4) is 11.4 Å².